The third-order valence-corrected chi connectivity index (χ3v) is 4.88. The number of carbonyl (C=O) groups excluding carboxylic acids is 1. The highest BCUT2D eigenvalue weighted by molar-refractivity contribution is 9.09. The Labute approximate surface area is 145 Å². The van der Waals surface area contributed by atoms with Crippen molar-refractivity contribution in [3.8, 4) is 0 Å². The van der Waals surface area contributed by atoms with Crippen molar-refractivity contribution in [3.05, 3.63) is 35.1 Å². The van der Waals surface area contributed by atoms with Crippen LogP contribution in [0.25, 0.3) is 0 Å². The fourth-order valence-corrected chi connectivity index (χ4v) is 3.33. The number of alkyl halides is 1. The SMILES string of the molecule is CC(C)(C)OC(=O)C(Br)c1cc(F)ccc1C1COCC1(C)C. The number of esters is 1. The molecule has 2 unspecified atom stereocenters. The summed E-state index contributed by atoms with van der Waals surface area (Å²) in [5.74, 6) is -0.671. The zero-order valence-corrected chi connectivity index (χ0v) is 15.9. The highest BCUT2D eigenvalue weighted by atomic mass is 79.9. The van der Waals surface area contributed by atoms with E-state index in [9.17, 15) is 9.18 Å². The Kier molecular flexibility index (Phi) is 5.21. The zero-order valence-electron chi connectivity index (χ0n) is 14.3. The minimum Gasteiger partial charge on any atom is -0.459 e. The van der Waals surface area contributed by atoms with Crippen molar-refractivity contribution in [1.29, 1.82) is 0 Å². The molecule has 2 atom stereocenters. The van der Waals surface area contributed by atoms with E-state index >= 15 is 0 Å². The number of hydrogen-bond donors (Lipinski definition) is 0. The average Bonchev–Trinajstić information content (AvgIpc) is 2.75. The number of rotatable bonds is 3. The van der Waals surface area contributed by atoms with Gasteiger partial charge in [0.1, 0.15) is 16.2 Å². The van der Waals surface area contributed by atoms with Crippen LogP contribution in [-0.2, 0) is 14.3 Å². The van der Waals surface area contributed by atoms with Gasteiger partial charge < -0.3 is 9.47 Å². The van der Waals surface area contributed by atoms with Crippen LogP contribution in [0.2, 0.25) is 0 Å². The Morgan fingerprint density at radius 3 is 2.61 bits per heavy atom. The molecule has 0 saturated carbocycles. The normalized spacial score (nSPS) is 22.0. The monoisotopic (exact) mass is 386 g/mol. The fraction of sp³-hybridized carbons (Fsp3) is 0.611. The second-order valence-electron chi connectivity index (χ2n) is 7.73. The maximum absolute atomic E-state index is 13.8. The molecule has 128 valence electrons. The first kappa shape index (κ1) is 18.4. The zero-order chi connectivity index (χ0) is 17.4. The van der Waals surface area contributed by atoms with Gasteiger partial charge in [0, 0.05) is 5.92 Å². The van der Waals surface area contributed by atoms with Crippen LogP contribution in [0.3, 0.4) is 0 Å². The molecule has 1 aromatic carbocycles. The lowest BCUT2D eigenvalue weighted by atomic mass is 9.76. The van der Waals surface area contributed by atoms with Gasteiger partial charge in [0.15, 0.2) is 0 Å². The summed E-state index contributed by atoms with van der Waals surface area (Å²) in [6, 6.07) is 4.60. The highest BCUT2D eigenvalue weighted by Gasteiger charge is 2.39. The Morgan fingerprint density at radius 2 is 2.09 bits per heavy atom. The predicted molar refractivity (Wildman–Crippen MR) is 91.3 cm³/mol. The van der Waals surface area contributed by atoms with Crippen LogP contribution in [0.4, 0.5) is 4.39 Å². The topological polar surface area (TPSA) is 35.5 Å². The second-order valence-corrected chi connectivity index (χ2v) is 8.64. The molecule has 0 aromatic heterocycles. The van der Waals surface area contributed by atoms with Crippen LogP contribution in [0, 0.1) is 11.2 Å². The van der Waals surface area contributed by atoms with Gasteiger partial charge in [0.25, 0.3) is 0 Å². The van der Waals surface area contributed by atoms with Gasteiger partial charge in [-0.25, -0.2) is 4.39 Å². The van der Waals surface area contributed by atoms with E-state index < -0.39 is 16.4 Å². The molecule has 1 fully saturated rings. The third kappa shape index (κ3) is 4.32. The van der Waals surface area contributed by atoms with E-state index in [0.717, 1.165) is 5.56 Å². The summed E-state index contributed by atoms with van der Waals surface area (Å²) in [6.45, 7) is 10.9. The van der Waals surface area contributed by atoms with Gasteiger partial charge in [0.2, 0.25) is 0 Å². The molecular weight excluding hydrogens is 363 g/mol. The maximum Gasteiger partial charge on any atom is 0.324 e. The van der Waals surface area contributed by atoms with Crippen molar-refractivity contribution < 1.29 is 18.7 Å². The summed E-state index contributed by atoms with van der Waals surface area (Å²) in [5, 5.41) is 0. The summed E-state index contributed by atoms with van der Waals surface area (Å²) in [7, 11) is 0. The number of halogens is 2. The summed E-state index contributed by atoms with van der Waals surface area (Å²) in [6.07, 6.45) is 0. The molecule has 1 aliphatic rings. The molecule has 1 aromatic rings. The van der Waals surface area contributed by atoms with Gasteiger partial charge in [-0.15, -0.1) is 0 Å². The van der Waals surface area contributed by atoms with E-state index in [2.05, 4.69) is 29.8 Å². The summed E-state index contributed by atoms with van der Waals surface area (Å²) in [4.78, 5) is 11.7. The van der Waals surface area contributed by atoms with E-state index in [1.807, 2.05) is 20.8 Å². The Morgan fingerprint density at radius 1 is 1.43 bits per heavy atom. The number of carbonyl (C=O) groups is 1. The molecule has 0 spiro atoms. The smallest absolute Gasteiger partial charge is 0.324 e. The second kappa shape index (κ2) is 6.52. The summed E-state index contributed by atoms with van der Waals surface area (Å²) in [5.41, 5.74) is 0.893. The molecule has 1 aliphatic heterocycles. The molecule has 0 bridgehead atoms. The minimum absolute atomic E-state index is 0.0623. The van der Waals surface area contributed by atoms with Crippen molar-refractivity contribution >= 4 is 21.9 Å². The molecule has 23 heavy (non-hydrogen) atoms. The molecular formula is C18H24BrFO3. The number of benzene rings is 1. The van der Waals surface area contributed by atoms with Crippen molar-refractivity contribution in [2.75, 3.05) is 13.2 Å². The van der Waals surface area contributed by atoms with Crippen LogP contribution in [-0.4, -0.2) is 24.8 Å². The van der Waals surface area contributed by atoms with Crippen molar-refractivity contribution in [2.24, 2.45) is 5.41 Å². The van der Waals surface area contributed by atoms with Crippen LogP contribution in [0.15, 0.2) is 18.2 Å². The van der Waals surface area contributed by atoms with Crippen molar-refractivity contribution in [1.82, 2.24) is 0 Å². The van der Waals surface area contributed by atoms with Crippen molar-refractivity contribution in [3.63, 3.8) is 0 Å². The first-order valence-electron chi connectivity index (χ1n) is 7.75. The maximum atomic E-state index is 13.8. The van der Waals surface area contributed by atoms with Gasteiger partial charge >= 0.3 is 5.97 Å². The standard InChI is InChI=1S/C18H24BrFO3/c1-17(2,3)23-16(21)15(19)13-8-11(20)6-7-12(13)14-9-22-10-18(14,4)5/h6-8,14-15H,9-10H2,1-5H3. The molecule has 1 heterocycles. The first-order chi connectivity index (χ1) is 10.5. The average molecular weight is 387 g/mol. The van der Waals surface area contributed by atoms with Gasteiger partial charge in [-0.05, 0) is 49.4 Å². The molecule has 0 amide bonds. The lowest BCUT2D eigenvalue weighted by molar-refractivity contribution is -0.154. The lowest BCUT2D eigenvalue weighted by Crippen LogP contribution is -2.27. The molecule has 5 heteroatoms. The molecule has 1 saturated heterocycles. The van der Waals surface area contributed by atoms with E-state index in [-0.39, 0.29) is 17.2 Å². The number of ether oxygens (including phenoxy) is 2. The van der Waals surface area contributed by atoms with Crippen molar-refractivity contribution in [2.45, 2.75) is 51.0 Å². The first-order valence-corrected chi connectivity index (χ1v) is 8.67. The van der Waals surface area contributed by atoms with E-state index in [1.165, 1.54) is 12.1 Å². The van der Waals surface area contributed by atoms with Crippen LogP contribution in [0.5, 0.6) is 0 Å². The largest absolute Gasteiger partial charge is 0.459 e. The van der Waals surface area contributed by atoms with Gasteiger partial charge in [0.05, 0.1) is 13.2 Å². The van der Waals surface area contributed by atoms with Gasteiger partial charge in [-0.3, -0.25) is 4.79 Å². The predicted octanol–water partition coefficient (Wildman–Crippen LogP) is 4.74. The van der Waals surface area contributed by atoms with Crippen LogP contribution >= 0.6 is 15.9 Å². The van der Waals surface area contributed by atoms with Gasteiger partial charge in [-0.2, -0.15) is 0 Å². The molecule has 2 rings (SSSR count). The third-order valence-electron chi connectivity index (χ3n) is 4.01. The summed E-state index contributed by atoms with van der Waals surface area (Å²) >= 11 is 3.39. The Balaban J connectivity index is 2.38. The quantitative estimate of drug-likeness (QED) is 0.555. The van der Waals surface area contributed by atoms with E-state index in [0.29, 0.717) is 18.8 Å². The van der Waals surface area contributed by atoms with Crippen LogP contribution < -0.4 is 0 Å². The fourth-order valence-electron chi connectivity index (χ4n) is 2.84. The lowest BCUT2D eigenvalue weighted by Gasteiger charge is -2.28. The minimum atomic E-state index is -0.705. The van der Waals surface area contributed by atoms with E-state index in [4.69, 9.17) is 9.47 Å². The molecule has 0 radical (unpaired) electrons. The Hall–Kier alpha value is -0.940. The van der Waals surface area contributed by atoms with Crippen LogP contribution in [0.1, 0.15) is 56.5 Å². The van der Waals surface area contributed by atoms with Gasteiger partial charge in [-0.1, -0.05) is 35.8 Å². The number of hydrogen-bond acceptors (Lipinski definition) is 3. The summed E-state index contributed by atoms with van der Waals surface area (Å²) < 4.78 is 24.8. The Bertz CT molecular complexity index is 592. The molecule has 3 nitrogen and oxygen atoms in total. The molecule has 0 aliphatic carbocycles. The van der Waals surface area contributed by atoms with E-state index in [1.54, 1.807) is 6.07 Å². The highest BCUT2D eigenvalue weighted by Crippen LogP contribution is 2.44. The molecule has 0 N–H and O–H groups in total.